The Bertz CT molecular complexity index is 1140. The molecule has 0 aliphatic rings. The maximum absolute atomic E-state index is 12.5. The van der Waals surface area contributed by atoms with E-state index in [-0.39, 0.29) is 18.3 Å². The van der Waals surface area contributed by atoms with Gasteiger partial charge in [0.1, 0.15) is 34.7 Å². The first-order valence-electron chi connectivity index (χ1n) is 8.83. The van der Waals surface area contributed by atoms with Crippen LogP contribution in [0.25, 0.3) is 11.1 Å². The molecule has 6 nitrogen and oxygen atoms in total. The third-order valence-electron chi connectivity index (χ3n) is 4.20. The molecule has 0 aliphatic carbocycles. The maximum atomic E-state index is 12.5. The number of aromatic nitrogens is 1. The largest absolute Gasteiger partial charge is 0.484 e. The van der Waals surface area contributed by atoms with E-state index in [0.717, 1.165) is 5.52 Å². The summed E-state index contributed by atoms with van der Waals surface area (Å²) in [4.78, 5) is 16.9. The highest BCUT2D eigenvalue weighted by Crippen LogP contribution is 2.32. The van der Waals surface area contributed by atoms with E-state index in [1.54, 1.807) is 37.3 Å². The molecule has 4 aromatic rings. The molecule has 0 radical (unpaired) electrons. The van der Waals surface area contributed by atoms with E-state index in [1.165, 1.54) is 0 Å². The quantitative estimate of drug-likeness (QED) is 0.418. The lowest BCUT2D eigenvalue weighted by atomic mass is 10.3. The Morgan fingerprint density at radius 2 is 1.93 bits per heavy atom. The number of fused-ring (bicyclic) bond motifs is 1. The van der Waals surface area contributed by atoms with Gasteiger partial charge in [0.25, 0.3) is 5.91 Å². The van der Waals surface area contributed by atoms with E-state index in [9.17, 15) is 4.79 Å². The molecule has 0 bridgehead atoms. The van der Waals surface area contributed by atoms with E-state index < -0.39 is 6.04 Å². The van der Waals surface area contributed by atoms with Crippen molar-refractivity contribution in [3.8, 4) is 5.75 Å². The van der Waals surface area contributed by atoms with E-state index in [0.29, 0.717) is 33.0 Å². The van der Waals surface area contributed by atoms with Gasteiger partial charge in [0, 0.05) is 0 Å². The SMILES string of the molecule is CC(NC(=O)c1ccc(COc2cccc(Cl)c2Cl)o1)c1nc2ccccc2o1. The van der Waals surface area contributed by atoms with Gasteiger partial charge in [0.05, 0.1) is 5.02 Å². The van der Waals surface area contributed by atoms with Crippen LogP contribution in [0.1, 0.15) is 35.2 Å². The number of hydrogen-bond donors (Lipinski definition) is 1. The number of halogens is 2. The Kier molecular flexibility index (Phi) is 5.47. The Labute approximate surface area is 176 Å². The fourth-order valence-electron chi connectivity index (χ4n) is 2.73. The van der Waals surface area contributed by atoms with Crippen molar-refractivity contribution < 1.29 is 18.4 Å². The number of rotatable bonds is 6. The van der Waals surface area contributed by atoms with Crippen LogP contribution in [0.2, 0.25) is 10.0 Å². The first kappa shape index (κ1) is 19.4. The molecule has 0 saturated carbocycles. The van der Waals surface area contributed by atoms with Crippen LogP contribution in [0.4, 0.5) is 0 Å². The Hall–Kier alpha value is -2.96. The number of amides is 1. The summed E-state index contributed by atoms with van der Waals surface area (Å²) in [5, 5.41) is 3.53. The van der Waals surface area contributed by atoms with E-state index in [4.69, 9.17) is 36.8 Å². The first-order valence-corrected chi connectivity index (χ1v) is 9.58. The second kappa shape index (κ2) is 8.19. The minimum absolute atomic E-state index is 0.105. The van der Waals surface area contributed by atoms with Crippen LogP contribution >= 0.6 is 23.2 Å². The van der Waals surface area contributed by atoms with Crippen LogP contribution in [-0.2, 0) is 6.61 Å². The number of carbonyl (C=O) groups excluding carboxylic acids is 1. The van der Waals surface area contributed by atoms with Crippen molar-refractivity contribution in [1.82, 2.24) is 10.3 Å². The molecule has 2 aromatic heterocycles. The molecule has 8 heteroatoms. The third-order valence-corrected chi connectivity index (χ3v) is 5.00. The first-order chi connectivity index (χ1) is 14.0. The van der Waals surface area contributed by atoms with Crippen molar-refractivity contribution in [3.63, 3.8) is 0 Å². The van der Waals surface area contributed by atoms with Gasteiger partial charge in [-0.15, -0.1) is 0 Å². The van der Waals surface area contributed by atoms with Gasteiger partial charge in [-0.05, 0) is 43.3 Å². The second-order valence-corrected chi connectivity index (χ2v) is 7.11. The van der Waals surface area contributed by atoms with Gasteiger partial charge in [-0.2, -0.15) is 0 Å². The summed E-state index contributed by atoms with van der Waals surface area (Å²) in [6.45, 7) is 1.89. The second-order valence-electron chi connectivity index (χ2n) is 6.32. The van der Waals surface area contributed by atoms with Crippen molar-refractivity contribution in [2.24, 2.45) is 0 Å². The van der Waals surface area contributed by atoms with Gasteiger partial charge < -0.3 is 18.9 Å². The standard InChI is InChI=1S/C21H16Cl2N2O4/c1-12(21-25-15-6-2-3-7-16(15)29-21)24-20(26)18-10-9-13(28-18)11-27-17-8-4-5-14(22)19(17)23/h2-10,12H,11H2,1H3,(H,24,26). The van der Waals surface area contributed by atoms with E-state index in [1.807, 2.05) is 24.3 Å². The fraction of sp³-hybridized carbons (Fsp3) is 0.143. The molecule has 0 fully saturated rings. The summed E-state index contributed by atoms with van der Waals surface area (Å²) in [7, 11) is 0. The molecule has 1 N–H and O–H groups in total. The van der Waals surface area contributed by atoms with Crippen LogP contribution < -0.4 is 10.1 Å². The van der Waals surface area contributed by atoms with Gasteiger partial charge in [-0.25, -0.2) is 4.98 Å². The van der Waals surface area contributed by atoms with Crippen LogP contribution in [0.3, 0.4) is 0 Å². The highest BCUT2D eigenvalue weighted by atomic mass is 35.5. The van der Waals surface area contributed by atoms with Gasteiger partial charge in [0.2, 0.25) is 5.89 Å². The van der Waals surface area contributed by atoms with Crippen molar-refractivity contribution >= 4 is 40.2 Å². The fourth-order valence-corrected chi connectivity index (χ4v) is 3.07. The molecule has 0 spiro atoms. The van der Waals surface area contributed by atoms with Gasteiger partial charge in [0.15, 0.2) is 11.3 Å². The molecule has 2 heterocycles. The maximum Gasteiger partial charge on any atom is 0.287 e. The third kappa shape index (κ3) is 4.23. The Morgan fingerprint density at radius 3 is 2.76 bits per heavy atom. The molecule has 1 unspecified atom stereocenters. The summed E-state index contributed by atoms with van der Waals surface area (Å²) in [6.07, 6.45) is 0. The molecule has 1 amide bonds. The molecule has 4 rings (SSSR count). The molecular weight excluding hydrogens is 415 g/mol. The van der Waals surface area contributed by atoms with Crippen LogP contribution in [0, 0.1) is 0 Å². The number of oxazole rings is 1. The van der Waals surface area contributed by atoms with Gasteiger partial charge in [-0.3, -0.25) is 4.79 Å². The van der Waals surface area contributed by atoms with Crippen molar-refractivity contribution in [3.05, 3.63) is 82.1 Å². The normalized spacial score (nSPS) is 12.1. The minimum Gasteiger partial charge on any atom is -0.484 e. The predicted octanol–water partition coefficient (Wildman–Crippen LogP) is 5.80. The number of hydrogen-bond acceptors (Lipinski definition) is 5. The zero-order valence-electron chi connectivity index (χ0n) is 15.3. The number of furan rings is 1. The smallest absolute Gasteiger partial charge is 0.287 e. The van der Waals surface area contributed by atoms with Gasteiger partial charge >= 0.3 is 0 Å². The number of carbonyl (C=O) groups is 1. The van der Waals surface area contributed by atoms with Crippen molar-refractivity contribution in [2.75, 3.05) is 0 Å². The van der Waals surface area contributed by atoms with E-state index in [2.05, 4.69) is 10.3 Å². The topological polar surface area (TPSA) is 77.5 Å². The van der Waals surface area contributed by atoms with E-state index >= 15 is 0 Å². The molecule has 0 saturated heterocycles. The van der Waals surface area contributed by atoms with Crippen LogP contribution in [0.5, 0.6) is 5.75 Å². The number of nitrogens with zero attached hydrogens (tertiary/aromatic N) is 1. The number of nitrogens with one attached hydrogen (secondary N) is 1. The summed E-state index contributed by atoms with van der Waals surface area (Å²) >= 11 is 12.1. The number of para-hydroxylation sites is 2. The lowest BCUT2D eigenvalue weighted by molar-refractivity contribution is 0.0902. The zero-order chi connectivity index (χ0) is 20.4. The molecule has 29 heavy (non-hydrogen) atoms. The summed E-state index contributed by atoms with van der Waals surface area (Å²) in [6, 6.07) is 15.3. The van der Waals surface area contributed by atoms with Gasteiger partial charge in [-0.1, -0.05) is 41.4 Å². The molecule has 1 atom stereocenters. The Balaban J connectivity index is 1.39. The molecule has 148 valence electrons. The van der Waals surface area contributed by atoms with Crippen LogP contribution in [-0.4, -0.2) is 10.9 Å². The molecule has 0 aliphatic heterocycles. The number of benzene rings is 2. The lowest BCUT2D eigenvalue weighted by Gasteiger charge is -2.09. The van der Waals surface area contributed by atoms with Crippen molar-refractivity contribution in [2.45, 2.75) is 19.6 Å². The van der Waals surface area contributed by atoms with Crippen LogP contribution in [0.15, 0.2) is 63.4 Å². The number of ether oxygens (including phenoxy) is 1. The molecular formula is C21H16Cl2N2O4. The summed E-state index contributed by atoms with van der Waals surface area (Å²) < 4.78 is 16.9. The summed E-state index contributed by atoms with van der Waals surface area (Å²) in [5.41, 5.74) is 1.40. The summed E-state index contributed by atoms with van der Waals surface area (Å²) in [5.74, 6) is 1.10. The highest BCUT2D eigenvalue weighted by Gasteiger charge is 2.19. The Morgan fingerprint density at radius 1 is 1.10 bits per heavy atom. The zero-order valence-corrected chi connectivity index (χ0v) is 16.8. The highest BCUT2D eigenvalue weighted by molar-refractivity contribution is 6.42. The minimum atomic E-state index is -0.426. The monoisotopic (exact) mass is 430 g/mol. The lowest BCUT2D eigenvalue weighted by Crippen LogP contribution is -2.26. The van der Waals surface area contributed by atoms with Crippen molar-refractivity contribution in [1.29, 1.82) is 0 Å². The average Bonchev–Trinajstić information content (AvgIpc) is 3.36. The molecule has 2 aromatic carbocycles. The predicted molar refractivity (Wildman–Crippen MR) is 109 cm³/mol. The average molecular weight is 431 g/mol.